The smallest absolute Gasteiger partial charge is 0.262 e. The van der Waals surface area contributed by atoms with Gasteiger partial charge in [0, 0.05) is 13.0 Å². The fourth-order valence-electron chi connectivity index (χ4n) is 2.21. The molecule has 0 aliphatic heterocycles. The van der Waals surface area contributed by atoms with E-state index in [0.717, 1.165) is 12.8 Å². The van der Waals surface area contributed by atoms with Gasteiger partial charge in [-0.25, -0.2) is 4.98 Å². The van der Waals surface area contributed by atoms with E-state index in [-0.39, 0.29) is 29.2 Å². The van der Waals surface area contributed by atoms with Crippen molar-refractivity contribution in [1.82, 2.24) is 20.4 Å². The molecule has 1 fully saturated rings. The number of para-hydroxylation sites is 1. The summed E-state index contributed by atoms with van der Waals surface area (Å²) in [5.74, 6) is -0.630. The number of rotatable bonds is 4. The van der Waals surface area contributed by atoms with Gasteiger partial charge in [0.2, 0.25) is 11.8 Å². The van der Waals surface area contributed by atoms with E-state index < -0.39 is 0 Å². The van der Waals surface area contributed by atoms with E-state index in [1.54, 1.807) is 16.7 Å². The number of fused-ring (bicyclic) bond motifs is 1. The minimum Gasteiger partial charge on any atom is -0.284 e. The number of carbonyl (C=O) groups is 2. The first-order valence-electron chi connectivity index (χ1n) is 7.26. The summed E-state index contributed by atoms with van der Waals surface area (Å²) >= 11 is 1.19. The maximum Gasteiger partial charge on any atom is 0.262 e. The van der Waals surface area contributed by atoms with Gasteiger partial charge in [0.05, 0.1) is 16.7 Å². The Morgan fingerprint density at radius 2 is 2.04 bits per heavy atom. The van der Waals surface area contributed by atoms with Crippen molar-refractivity contribution in [3.05, 3.63) is 34.6 Å². The number of hydrazine groups is 1. The Balaban J connectivity index is 1.85. The molecule has 0 radical (unpaired) electrons. The second kappa shape index (κ2) is 6.41. The normalized spacial score (nSPS) is 13.8. The number of carbonyl (C=O) groups excluding carboxylic acids is 2. The summed E-state index contributed by atoms with van der Waals surface area (Å²) in [4.78, 5) is 39.6. The zero-order valence-corrected chi connectivity index (χ0v) is 13.4. The van der Waals surface area contributed by atoms with Gasteiger partial charge >= 0.3 is 0 Å². The minimum absolute atomic E-state index is 0.0668. The molecule has 2 amide bonds. The highest BCUT2D eigenvalue weighted by molar-refractivity contribution is 7.99. The van der Waals surface area contributed by atoms with Crippen LogP contribution in [0.4, 0.5) is 0 Å². The largest absolute Gasteiger partial charge is 0.284 e. The van der Waals surface area contributed by atoms with Crippen LogP contribution in [-0.2, 0) is 9.59 Å². The first-order valence-corrected chi connectivity index (χ1v) is 8.24. The standard InChI is InChI=1S/C15H16N4O3S/c1-9(20)17-18-13(21)8-23-15-16-12-5-3-2-4-11(12)14(22)19(15)10-6-7-10/h2-5,10H,6-8H2,1H3,(H,17,20)(H,18,21). The van der Waals surface area contributed by atoms with E-state index in [9.17, 15) is 14.4 Å². The van der Waals surface area contributed by atoms with Gasteiger partial charge in [-0.15, -0.1) is 0 Å². The zero-order valence-electron chi connectivity index (χ0n) is 12.5. The third kappa shape index (κ3) is 3.53. The van der Waals surface area contributed by atoms with E-state index in [0.29, 0.717) is 16.1 Å². The number of benzene rings is 1. The highest BCUT2D eigenvalue weighted by Gasteiger charge is 2.28. The molecule has 2 N–H and O–H groups in total. The van der Waals surface area contributed by atoms with Gasteiger partial charge < -0.3 is 0 Å². The summed E-state index contributed by atoms with van der Waals surface area (Å²) in [7, 11) is 0. The molecule has 0 bridgehead atoms. The van der Waals surface area contributed by atoms with Crippen LogP contribution >= 0.6 is 11.8 Å². The van der Waals surface area contributed by atoms with Crippen molar-refractivity contribution < 1.29 is 9.59 Å². The maximum absolute atomic E-state index is 12.6. The SMILES string of the molecule is CC(=O)NNC(=O)CSc1nc2ccccc2c(=O)n1C1CC1. The van der Waals surface area contributed by atoms with Crippen LogP contribution < -0.4 is 16.4 Å². The molecule has 23 heavy (non-hydrogen) atoms. The molecule has 3 rings (SSSR count). The summed E-state index contributed by atoms with van der Waals surface area (Å²) in [5.41, 5.74) is 5.08. The molecule has 0 spiro atoms. The second-order valence-electron chi connectivity index (χ2n) is 5.34. The Kier molecular flexibility index (Phi) is 4.33. The highest BCUT2D eigenvalue weighted by Crippen LogP contribution is 2.36. The van der Waals surface area contributed by atoms with Crippen molar-refractivity contribution >= 4 is 34.5 Å². The fourth-order valence-corrected chi connectivity index (χ4v) is 3.07. The molecule has 1 heterocycles. The van der Waals surface area contributed by atoms with Crippen LogP contribution in [-0.4, -0.2) is 27.1 Å². The number of thioether (sulfide) groups is 1. The topological polar surface area (TPSA) is 93.1 Å². The monoisotopic (exact) mass is 332 g/mol. The van der Waals surface area contributed by atoms with Crippen molar-refractivity contribution in [2.45, 2.75) is 31.0 Å². The van der Waals surface area contributed by atoms with Crippen molar-refractivity contribution in [1.29, 1.82) is 0 Å². The lowest BCUT2D eigenvalue weighted by Gasteiger charge is -2.12. The molecule has 2 aromatic rings. The molecule has 7 nitrogen and oxygen atoms in total. The predicted octanol–water partition coefficient (Wildman–Crippen LogP) is 0.991. The number of hydrogen-bond acceptors (Lipinski definition) is 5. The summed E-state index contributed by atoms with van der Waals surface area (Å²) in [5, 5.41) is 1.13. The number of hydrogen-bond donors (Lipinski definition) is 2. The zero-order chi connectivity index (χ0) is 16.4. The lowest BCUT2D eigenvalue weighted by Crippen LogP contribution is -2.41. The Bertz CT molecular complexity index is 829. The molecular weight excluding hydrogens is 316 g/mol. The van der Waals surface area contributed by atoms with Crippen molar-refractivity contribution in [3.63, 3.8) is 0 Å². The molecule has 0 saturated heterocycles. The van der Waals surface area contributed by atoms with Crippen LogP contribution in [0.25, 0.3) is 10.9 Å². The average molecular weight is 332 g/mol. The fraction of sp³-hybridized carbons (Fsp3) is 0.333. The number of aromatic nitrogens is 2. The van der Waals surface area contributed by atoms with Gasteiger partial charge in [-0.1, -0.05) is 23.9 Å². The summed E-state index contributed by atoms with van der Waals surface area (Å²) in [6.07, 6.45) is 1.90. The molecule has 0 atom stereocenters. The molecule has 8 heteroatoms. The van der Waals surface area contributed by atoms with E-state index in [1.165, 1.54) is 18.7 Å². The third-order valence-corrected chi connectivity index (χ3v) is 4.35. The molecule has 120 valence electrons. The molecule has 1 aromatic carbocycles. The molecule has 1 aliphatic carbocycles. The minimum atomic E-state index is -0.352. The third-order valence-electron chi connectivity index (χ3n) is 3.40. The summed E-state index contributed by atoms with van der Waals surface area (Å²) < 4.78 is 1.68. The predicted molar refractivity (Wildman–Crippen MR) is 87.0 cm³/mol. The van der Waals surface area contributed by atoms with Crippen LogP contribution in [0, 0.1) is 0 Å². The van der Waals surface area contributed by atoms with Crippen LogP contribution in [0.3, 0.4) is 0 Å². The number of nitrogens with one attached hydrogen (secondary N) is 2. The van der Waals surface area contributed by atoms with Crippen LogP contribution in [0.5, 0.6) is 0 Å². The van der Waals surface area contributed by atoms with Gasteiger partial charge in [0.25, 0.3) is 5.56 Å². The van der Waals surface area contributed by atoms with Crippen molar-refractivity contribution in [2.24, 2.45) is 0 Å². The van der Waals surface area contributed by atoms with Gasteiger partial charge in [0.15, 0.2) is 5.16 Å². The number of amides is 2. The van der Waals surface area contributed by atoms with Gasteiger partial charge in [0.1, 0.15) is 0 Å². The Morgan fingerprint density at radius 1 is 1.30 bits per heavy atom. The van der Waals surface area contributed by atoms with E-state index in [2.05, 4.69) is 15.8 Å². The molecule has 1 aromatic heterocycles. The van der Waals surface area contributed by atoms with Crippen LogP contribution in [0.1, 0.15) is 25.8 Å². The molecule has 0 unspecified atom stereocenters. The Labute approximate surface area is 136 Å². The Morgan fingerprint density at radius 3 is 2.74 bits per heavy atom. The van der Waals surface area contributed by atoms with E-state index in [1.807, 2.05) is 12.1 Å². The average Bonchev–Trinajstić information content (AvgIpc) is 3.35. The molecular formula is C15H16N4O3S. The van der Waals surface area contributed by atoms with Crippen molar-refractivity contribution in [2.75, 3.05) is 5.75 Å². The Hall–Kier alpha value is -2.35. The molecule has 1 saturated carbocycles. The second-order valence-corrected chi connectivity index (χ2v) is 6.28. The van der Waals surface area contributed by atoms with Crippen LogP contribution in [0.2, 0.25) is 0 Å². The van der Waals surface area contributed by atoms with Gasteiger partial charge in [-0.2, -0.15) is 0 Å². The quantitative estimate of drug-likeness (QED) is 0.495. The lowest BCUT2D eigenvalue weighted by molar-refractivity contribution is -0.126. The van der Waals surface area contributed by atoms with Crippen molar-refractivity contribution in [3.8, 4) is 0 Å². The highest BCUT2D eigenvalue weighted by atomic mass is 32.2. The van der Waals surface area contributed by atoms with Gasteiger partial charge in [-0.05, 0) is 25.0 Å². The first-order chi connectivity index (χ1) is 11.1. The van der Waals surface area contributed by atoms with Gasteiger partial charge in [-0.3, -0.25) is 29.8 Å². The van der Waals surface area contributed by atoms with Crippen LogP contribution in [0.15, 0.2) is 34.2 Å². The van der Waals surface area contributed by atoms with E-state index >= 15 is 0 Å². The maximum atomic E-state index is 12.6. The lowest BCUT2D eigenvalue weighted by atomic mass is 10.2. The number of nitrogens with zero attached hydrogens (tertiary/aromatic N) is 2. The molecule has 1 aliphatic rings. The van der Waals surface area contributed by atoms with E-state index in [4.69, 9.17) is 0 Å². The summed E-state index contributed by atoms with van der Waals surface area (Å²) in [6, 6.07) is 7.36. The first kappa shape index (κ1) is 15.5. The summed E-state index contributed by atoms with van der Waals surface area (Å²) in [6.45, 7) is 1.31.